The van der Waals surface area contributed by atoms with Gasteiger partial charge in [-0.2, -0.15) is 0 Å². The van der Waals surface area contributed by atoms with Crippen molar-refractivity contribution in [2.45, 2.75) is 6.23 Å². The summed E-state index contributed by atoms with van der Waals surface area (Å²) in [6, 6.07) is 0. The lowest BCUT2D eigenvalue weighted by molar-refractivity contribution is -0.869. The second-order valence-electron chi connectivity index (χ2n) is 3.65. The van der Waals surface area contributed by atoms with Crippen molar-refractivity contribution in [3.63, 3.8) is 0 Å². The quantitative estimate of drug-likeness (QED) is 0.330. The highest BCUT2D eigenvalue weighted by Crippen LogP contribution is 1.87. The zero-order valence-corrected chi connectivity index (χ0v) is 7.67. The molecule has 2 N–H and O–H groups in total. The van der Waals surface area contributed by atoms with Crippen LogP contribution in [-0.4, -0.2) is 50.0 Å². The van der Waals surface area contributed by atoms with Gasteiger partial charge in [-0.25, -0.2) is 0 Å². The Labute approximate surface area is 68.9 Å². The SMILES string of the molecule is C=CC(O)NCC[N+](C)(C)C. The molecule has 0 rings (SSSR count). The van der Waals surface area contributed by atoms with Crippen LogP contribution in [0.1, 0.15) is 0 Å². The Morgan fingerprint density at radius 2 is 2.09 bits per heavy atom. The molecule has 0 amide bonds. The molecular formula is C8H19N2O+. The number of quaternary nitrogens is 1. The van der Waals surface area contributed by atoms with E-state index in [1.807, 2.05) is 0 Å². The van der Waals surface area contributed by atoms with Gasteiger partial charge in [0.1, 0.15) is 6.23 Å². The molecule has 1 unspecified atom stereocenters. The molecule has 1 atom stereocenters. The lowest BCUT2D eigenvalue weighted by Gasteiger charge is -2.24. The molecule has 0 bridgehead atoms. The summed E-state index contributed by atoms with van der Waals surface area (Å²) < 4.78 is 0.900. The molecule has 0 spiro atoms. The minimum atomic E-state index is -0.568. The fourth-order valence-corrected chi connectivity index (χ4v) is 0.631. The molecule has 11 heavy (non-hydrogen) atoms. The van der Waals surface area contributed by atoms with E-state index in [0.717, 1.165) is 17.6 Å². The Bertz CT molecular complexity index is 118. The van der Waals surface area contributed by atoms with E-state index in [-0.39, 0.29) is 0 Å². The smallest absolute Gasteiger partial charge is 0.124 e. The van der Waals surface area contributed by atoms with Gasteiger partial charge in [-0.3, -0.25) is 5.32 Å². The largest absolute Gasteiger partial charge is 0.375 e. The van der Waals surface area contributed by atoms with Crippen LogP contribution >= 0.6 is 0 Å². The van der Waals surface area contributed by atoms with Crippen LogP contribution in [0.15, 0.2) is 12.7 Å². The van der Waals surface area contributed by atoms with E-state index in [2.05, 4.69) is 33.0 Å². The molecule has 0 heterocycles. The van der Waals surface area contributed by atoms with Crippen LogP contribution in [0.3, 0.4) is 0 Å². The van der Waals surface area contributed by atoms with Crippen LogP contribution in [0.2, 0.25) is 0 Å². The maximum absolute atomic E-state index is 9.02. The molecule has 3 heteroatoms. The van der Waals surface area contributed by atoms with Gasteiger partial charge in [0.25, 0.3) is 0 Å². The summed E-state index contributed by atoms with van der Waals surface area (Å²) >= 11 is 0. The van der Waals surface area contributed by atoms with Crippen molar-refractivity contribution in [1.29, 1.82) is 0 Å². The first-order valence-corrected chi connectivity index (χ1v) is 3.80. The van der Waals surface area contributed by atoms with Crippen molar-refractivity contribution in [3.05, 3.63) is 12.7 Å². The van der Waals surface area contributed by atoms with E-state index >= 15 is 0 Å². The summed E-state index contributed by atoms with van der Waals surface area (Å²) in [6.45, 7) is 5.25. The number of likely N-dealkylation sites (N-methyl/N-ethyl adjacent to an activating group) is 1. The Morgan fingerprint density at radius 1 is 1.55 bits per heavy atom. The van der Waals surface area contributed by atoms with Crippen LogP contribution in [0.25, 0.3) is 0 Å². The first-order valence-electron chi connectivity index (χ1n) is 3.80. The molecule has 0 aromatic heterocycles. The molecule has 0 radical (unpaired) electrons. The molecule has 0 saturated carbocycles. The third-order valence-corrected chi connectivity index (χ3v) is 1.36. The molecular weight excluding hydrogens is 140 g/mol. The number of hydrogen-bond acceptors (Lipinski definition) is 2. The van der Waals surface area contributed by atoms with E-state index < -0.39 is 6.23 Å². The van der Waals surface area contributed by atoms with Gasteiger partial charge in [-0.15, -0.1) is 0 Å². The molecule has 0 aliphatic heterocycles. The average molecular weight is 159 g/mol. The zero-order chi connectivity index (χ0) is 8.91. The van der Waals surface area contributed by atoms with Crippen molar-refractivity contribution in [1.82, 2.24) is 5.32 Å². The fraction of sp³-hybridized carbons (Fsp3) is 0.750. The number of nitrogens with one attached hydrogen (secondary N) is 1. The van der Waals surface area contributed by atoms with Gasteiger partial charge in [0, 0.05) is 6.54 Å². The van der Waals surface area contributed by atoms with Crippen LogP contribution in [0.5, 0.6) is 0 Å². The highest BCUT2D eigenvalue weighted by Gasteiger charge is 2.06. The predicted octanol–water partition coefficient (Wildman–Crippen LogP) is -0.213. The Hall–Kier alpha value is -0.380. The molecule has 66 valence electrons. The van der Waals surface area contributed by atoms with Crippen molar-refractivity contribution >= 4 is 0 Å². The van der Waals surface area contributed by atoms with Gasteiger partial charge in [0.05, 0.1) is 27.7 Å². The lowest BCUT2D eigenvalue weighted by Crippen LogP contribution is -2.42. The van der Waals surface area contributed by atoms with Gasteiger partial charge in [-0.05, 0) is 6.08 Å². The van der Waals surface area contributed by atoms with E-state index in [1.54, 1.807) is 0 Å². The maximum atomic E-state index is 9.02. The summed E-state index contributed by atoms with van der Waals surface area (Å²) in [4.78, 5) is 0. The minimum Gasteiger partial charge on any atom is -0.375 e. The zero-order valence-electron chi connectivity index (χ0n) is 7.67. The van der Waals surface area contributed by atoms with E-state index in [9.17, 15) is 0 Å². The summed E-state index contributed by atoms with van der Waals surface area (Å²) in [7, 11) is 6.34. The second-order valence-corrected chi connectivity index (χ2v) is 3.65. The monoisotopic (exact) mass is 159 g/mol. The van der Waals surface area contributed by atoms with Crippen molar-refractivity contribution in [2.75, 3.05) is 34.2 Å². The standard InChI is InChI=1S/C8H19N2O/c1-5-8(11)9-6-7-10(2,3)4/h5,8-9,11H,1,6-7H2,2-4H3/q+1. The third kappa shape index (κ3) is 7.52. The first-order chi connectivity index (χ1) is 4.95. The van der Waals surface area contributed by atoms with E-state index in [1.165, 1.54) is 6.08 Å². The molecule has 0 saturated heterocycles. The molecule has 3 nitrogen and oxygen atoms in total. The number of nitrogens with zero attached hydrogens (tertiary/aromatic N) is 1. The first kappa shape index (κ1) is 10.6. The van der Waals surface area contributed by atoms with Gasteiger partial charge >= 0.3 is 0 Å². The van der Waals surface area contributed by atoms with Gasteiger partial charge in [0.15, 0.2) is 0 Å². The lowest BCUT2D eigenvalue weighted by atomic mass is 10.4. The topological polar surface area (TPSA) is 32.3 Å². The molecule has 0 aliphatic carbocycles. The predicted molar refractivity (Wildman–Crippen MR) is 47.1 cm³/mol. The Balaban J connectivity index is 3.35. The molecule has 0 aromatic carbocycles. The Morgan fingerprint density at radius 3 is 2.45 bits per heavy atom. The highest BCUT2D eigenvalue weighted by atomic mass is 16.3. The molecule has 0 aliphatic rings. The van der Waals surface area contributed by atoms with Crippen molar-refractivity contribution < 1.29 is 9.59 Å². The maximum Gasteiger partial charge on any atom is 0.124 e. The van der Waals surface area contributed by atoms with Crippen molar-refractivity contribution in [3.8, 4) is 0 Å². The number of aliphatic hydroxyl groups is 1. The van der Waals surface area contributed by atoms with E-state index in [4.69, 9.17) is 5.11 Å². The van der Waals surface area contributed by atoms with Crippen LogP contribution in [0, 0.1) is 0 Å². The number of aliphatic hydroxyl groups excluding tert-OH is 1. The van der Waals surface area contributed by atoms with Crippen LogP contribution in [-0.2, 0) is 0 Å². The summed E-state index contributed by atoms with van der Waals surface area (Å²) in [5.41, 5.74) is 0. The minimum absolute atomic E-state index is 0.568. The highest BCUT2D eigenvalue weighted by molar-refractivity contribution is 4.75. The second kappa shape index (κ2) is 4.49. The summed E-state index contributed by atoms with van der Waals surface area (Å²) in [6.07, 6.45) is 0.914. The number of hydrogen-bond donors (Lipinski definition) is 2. The average Bonchev–Trinajstić information content (AvgIpc) is 1.85. The van der Waals surface area contributed by atoms with E-state index in [0.29, 0.717) is 0 Å². The van der Waals surface area contributed by atoms with Gasteiger partial charge in [0.2, 0.25) is 0 Å². The van der Waals surface area contributed by atoms with Crippen LogP contribution in [0.4, 0.5) is 0 Å². The van der Waals surface area contributed by atoms with Crippen LogP contribution < -0.4 is 5.32 Å². The van der Waals surface area contributed by atoms with Gasteiger partial charge in [-0.1, -0.05) is 6.58 Å². The summed E-state index contributed by atoms with van der Waals surface area (Å²) in [5.74, 6) is 0. The molecule has 0 fully saturated rings. The number of rotatable bonds is 5. The normalized spacial score (nSPS) is 14.5. The molecule has 0 aromatic rings. The van der Waals surface area contributed by atoms with Crippen molar-refractivity contribution in [2.24, 2.45) is 0 Å². The summed E-state index contributed by atoms with van der Waals surface area (Å²) in [5, 5.41) is 11.9. The fourth-order valence-electron chi connectivity index (χ4n) is 0.631. The third-order valence-electron chi connectivity index (χ3n) is 1.36. The van der Waals surface area contributed by atoms with Gasteiger partial charge < -0.3 is 9.59 Å². The Kier molecular flexibility index (Phi) is 4.33.